The molecule has 3 aromatic rings. The van der Waals surface area contributed by atoms with Gasteiger partial charge in [-0.1, -0.05) is 30.7 Å². The summed E-state index contributed by atoms with van der Waals surface area (Å²) in [5, 5.41) is 6.50. The molecular weight excluding hydrogens is 366 g/mol. The lowest BCUT2D eigenvalue weighted by molar-refractivity contribution is -0.121. The number of aromatic nitrogens is 1. The van der Waals surface area contributed by atoms with Gasteiger partial charge in [-0.05, 0) is 49.0 Å². The quantitative estimate of drug-likeness (QED) is 0.645. The van der Waals surface area contributed by atoms with Gasteiger partial charge in [0.25, 0.3) is 0 Å². The number of fused-ring (bicyclic) bond motifs is 1. The first kappa shape index (κ1) is 19.2. The molecule has 0 bridgehead atoms. The molecule has 1 N–H and O–H groups in total. The second-order valence-corrected chi connectivity index (χ2v) is 8.72. The van der Waals surface area contributed by atoms with Crippen LogP contribution in [-0.2, 0) is 11.8 Å². The second-order valence-electron chi connectivity index (χ2n) is 7.74. The Hall–Kier alpha value is -2.11. The summed E-state index contributed by atoms with van der Waals surface area (Å²) in [6, 6.07) is 12.7. The Morgan fingerprint density at radius 1 is 1.14 bits per heavy atom. The Kier molecular flexibility index (Phi) is 6.13. The number of aryl methyl sites for hydroxylation is 1. The zero-order valence-electron chi connectivity index (χ0n) is 16.6. The van der Waals surface area contributed by atoms with Gasteiger partial charge in [0.05, 0.1) is 0 Å². The summed E-state index contributed by atoms with van der Waals surface area (Å²) in [6.45, 7) is 4.04. The Morgan fingerprint density at radius 2 is 1.96 bits per heavy atom. The van der Waals surface area contributed by atoms with Crippen LogP contribution in [0.4, 0.5) is 0 Å². The number of hydrogen-bond donors (Lipinski definition) is 1. The van der Waals surface area contributed by atoms with Crippen molar-refractivity contribution in [3.05, 3.63) is 58.4 Å². The van der Waals surface area contributed by atoms with Gasteiger partial charge in [-0.3, -0.25) is 4.79 Å². The maximum absolute atomic E-state index is 12.8. The summed E-state index contributed by atoms with van der Waals surface area (Å²) in [6.07, 6.45) is 6.60. The summed E-state index contributed by atoms with van der Waals surface area (Å²) < 4.78 is 2.17. The van der Waals surface area contributed by atoms with Crippen LogP contribution in [0, 0.1) is 0 Å². The summed E-state index contributed by atoms with van der Waals surface area (Å²) in [5.74, 6) is 0.240. The minimum absolute atomic E-state index is 0.0982. The molecule has 0 radical (unpaired) electrons. The van der Waals surface area contributed by atoms with E-state index in [1.54, 1.807) is 11.3 Å². The first-order valence-corrected chi connectivity index (χ1v) is 11.2. The molecule has 4 rings (SSSR count). The maximum atomic E-state index is 12.8. The second kappa shape index (κ2) is 8.93. The van der Waals surface area contributed by atoms with E-state index in [0.717, 1.165) is 13.1 Å². The number of thiophene rings is 1. The third-order valence-corrected chi connectivity index (χ3v) is 6.76. The van der Waals surface area contributed by atoms with E-state index in [1.807, 2.05) is 0 Å². The first-order chi connectivity index (χ1) is 13.7. The first-order valence-electron chi connectivity index (χ1n) is 10.3. The van der Waals surface area contributed by atoms with Crippen LogP contribution >= 0.6 is 11.3 Å². The molecule has 1 saturated heterocycles. The van der Waals surface area contributed by atoms with Crippen molar-refractivity contribution in [3.8, 4) is 0 Å². The molecule has 28 heavy (non-hydrogen) atoms. The number of nitrogens with zero attached hydrogens (tertiary/aromatic N) is 2. The highest BCUT2D eigenvalue weighted by atomic mass is 32.1. The van der Waals surface area contributed by atoms with Crippen LogP contribution in [0.2, 0.25) is 0 Å². The van der Waals surface area contributed by atoms with Crippen LogP contribution in [0.15, 0.2) is 48.0 Å². The van der Waals surface area contributed by atoms with Gasteiger partial charge in [-0.2, -0.15) is 0 Å². The molecule has 2 aromatic heterocycles. The average Bonchev–Trinajstić information content (AvgIpc) is 3.36. The Labute approximate surface area is 171 Å². The van der Waals surface area contributed by atoms with Crippen LogP contribution in [0.25, 0.3) is 10.9 Å². The van der Waals surface area contributed by atoms with Gasteiger partial charge < -0.3 is 14.8 Å². The number of likely N-dealkylation sites (tertiary alicyclic amines) is 1. The fourth-order valence-electron chi connectivity index (χ4n) is 4.30. The standard InChI is InChI=1S/C23H29N3OS/c1-25-17-20(18-8-3-4-9-21(18)25)19(22-10-7-15-28-22)16-23(27)24-11-14-26-12-5-2-6-13-26/h3-4,7-10,15,17,19H,2,5-6,11-14,16H2,1H3,(H,24,27). The molecule has 1 aliphatic rings. The van der Waals surface area contributed by atoms with Gasteiger partial charge in [0.1, 0.15) is 0 Å². The predicted molar refractivity (Wildman–Crippen MR) is 117 cm³/mol. The molecule has 1 fully saturated rings. The number of nitrogens with one attached hydrogen (secondary N) is 1. The van der Waals surface area contributed by atoms with E-state index in [0.29, 0.717) is 6.42 Å². The van der Waals surface area contributed by atoms with Gasteiger partial charge in [-0.25, -0.2) is 0 Å². The summed E-state index contributed by atoms with van der Waals surface area (Å²) in [7, 11) is 2.08. The molecule has 1 unspecified atom stereocenters. The van der Waals surface area contributed by atoms with Crippen LogP contribution in [0.5, 0.6) is 0 Å². The van der Waals surface area contributed by atoms with Gasteiger partial charge in [-0.15, -0.1) is 11.3 Å². The summed E-state index contributed by atoms with van der Waals surface area (Å²) in [4.78, 5) is 16.5. The Morgan fingerprint density at radius 3 is 2.75 bits per heavy atom. The fourth-order valence-corrected chi connectivity index (χ4v) is 5.14. The lowest BCUT2D eigenvalue weighted by Crippen LogP contribution is -2.38. The van der Waals surface area contributed by atoms with Crippen molar-refractivity contribution in [2.75, 3.05) is 26.2 Å². The third-order valence-electron chi connectivity index (χ3n) is 5.78. The topological polar surface area (TPSA) is 37.3 Å². The van der Waals surface area contributed by atoms with E-state index in [4.69, 9.17) is 0 Å². The van der Waals surface area contributed by atoms with E-state index in [-0.39, 0.29) is 11.8 Å². The van der Waals surface area contributed by atoms with Crippen molar-refractivity contribution in [1.29, 1.82) is 0 Å². The molecule has 5 heteroatoms. The van der Waals surface area contributed by atoms with Crippen molar-refractivity contribution in [2.24, 2.45) is 7.05 Å². The number of carbonyl (C=O) groups is 1. The minimum atomic E-state index is 0.0982. The molecule has 0 spiro atoms. The van der Waals surface area contributed by atoms with Crippen LogP contribution in [0.1, 0.15) is 42.0 Å². The van der Waals surface area contributed by atoms with E-state index in [1.165, 1.54) is 53.7 Å². The molecule has 4 nitrogen and oxygen atoms in total. The number of benzene rings is 1. The zero-order chi connectivity index (χ0) is 19.3. The molecule has 1 aliphatic heterocycles. The molecule has 0 saturated carbocycles. The molecule has 0 aliphatic carbocycles. The summed E-state index contributed by atoms with van der Waals surface area (Å²) >= 11 is 1.73. The maximum Gasteiger partial charge on any atom is 0.221 e. The van der Waals surface area contributed by atoms with Gasteiger partial charge in [0.15, 0.2) is 0 Å². The van der Waals surface area contributed by atoms with Crippen LogP contribution in [-0.4, -0.2) is 41.6 Å². The average molecular weight is 396 g/mol. The molecule has 3 heterocycles. The summed E-state index contributed by atoms with van der Waals surface area (Å²) in [5.41, 5.74) is 2.45. The van der Waals surface area contributed by atoms with Crippen molar-refractivity contribution in [3.63, 3.8) is 0 Å². The lowest BCUT2D eigenvalue weighted by Gasteiger charge is -2.26. The Bertz CT molecular complexity index is 909. The van der Waals surface area contributed by atoms with E-state index < -0.39 is 0 Å². The highest BCUT2D eigenvalue weighted by molar-refractivity contribution is 7.10. The van der Waals surface area contributed by atoms with E-state index in [2.05, 4.69) is 69.8 Å². The van der Waals surface area contributed by atoms with Crippen molar-refractivity contribution < 1.29 is 4.79 Å². The predicted octanol–water partition coefficient (Wildman–Crippen LogP) is 4.36. The van der Waals surface area contributed by atoms with E-state index in [9.17, 15) is 4.79 Å². The van der Waals surface area contributed by atoms with Crippen LogP contribution in [0.3, 0.4) is 0 Å². The smallest absolute Gasteiger partial charge is 0.221 e. The molecular formula is C23H29N3OS. The monoisotopic (exact) mass is 395 g/mol. The third kappa shape index (κ3) is 4.31. The number of rotatable bonds is 7. The van der Waals surface area contributed by atoms with E-state index >= 15 is 0 Å². The van der Waals surface area contributed by atoms with Crippen molar-refractivity contribution >= 4 is 28.1 Å². The number of hydrogen-bond acceptors (Lipinski definition) is 3. The number of carbonyl (C=O) groups excluding carboxylic acids is 1. The molecule has 1 atom stereocenters. The van der Waals surface area contributed by atoms with Crippen molar-refractivity contribution in [1.82, 2.24) is 14.8 Å². The minimum Gasteiger partial charge on any atom is -0.355 e. The van der Waals surface area contributed by atoms with Gasteiger partial charge in [0.2, 0.25) is 5.91 Å². The number of para-hydroxylation sites is 1. The largest absolute Gasteiger partial charge is 0.355 e. The fraction of sp³-hybridized carbons (Fsp3) is 0.435. The van der Waals surface area contributed by atoms with Crippen molar-refractivity contribution in [2.45, 2.75) is 31.6 Å². The normalized spacial score (nSPS) is 16.3. The molecule has 1 aromatic carbocycles. The van der Waals surface area contributed by atoms with Gasteiger partial charge >= 0.3 is 0 Å². The SMILES string of the molecule is Cn1cc(C(CC(=O)NCCN2CCCCC2)c2cccs2)c2ccccc21. The highest BCUT2D eigenvalue weighted by Crippen LogP contribution is 2.36. The lowest BCUT2D eigenvalue weighted by atomic mass is 9.93. The molecule has 1 amide bonds. The highest BCUT2D eigenvalue weighted by Gasteiger charge is 2.23. The zero-order valence-corrected chi connectivity index (χ0v) is 17.4. The Balaban J connectivity index is 1.47. The number of amides is 1. The van der Waals surface area contributed by atoms with Gasteiger partial charge in [0, 0.05) is 54.5 Å². The van der Waals surface area contributed by atoms with Crippen LogP contribution < -0.4 is 5.32 Å². The number of piperidine rings is 1. The molecule has 148 valence electrons.